The lowest BCUT2D eigenvalue weighted by atomic mass is 10.2. The summed E-state index contributed by atoms with van der Waals surface area (Å²) in [6.07, 6.45) is 0.0516. The number of aliphatic hydroxyl groups excluding tert-OH is 1. The fourth-order valence-corrected chi connectivity index (χ4v) is 2.85. The highest BCUT2D eigenvalue weighted by atomic mass is 35.5. The molecular weight excluding hydrogens is 324 g/mol. The van der Waals surface area contributed by atoms with Gasteiger partial charge in [-0.05, 0) is 49.2 Å². The van der Waals surface area contributed by atoms with Crippen molar-refractivity contribution in [2.45, 2.75) is 32.9 Å². The Labute approximate surface area is 146 Å². The average Bonchev–Trinajstić information content (AvgIpc) is 2.96. The van der Waals surface area contributed by atoms with Gasteiger partial charge in [-0.3, -0.25) is 0 Å². The van der Waals surface area contributed by atoms with Crippen LogP contribution in [0.5, 0.6) is 5.75 Å². The van der Waals surface area contributed by atoms with Crippen LogP contribution in [0.3, 0.4) is 0 Å². The largest absolute Gasteiger partial charge is 0.492 e. The van der Waals surface area contributed by atoms with E-state index in [1.807, 2.05) is 60.9 Å². The molecule has 0 amide bonds. The van der Waals surface area contributed by atoms with E-state index in [1.54, 1.807) is 0 Å². The fraction of sp³-hybridized carbons (Fsp3) is 0.316. The van der Waals surface area contributed by atoms with Crippen LogP contribution in [0.25, 0.3) is 11.0 Å². The smallest absolute Gasteiger partial charge is 0.138 e. The Balaban J connectivity index is 1.79. The van der Waals surface area contributed by atoms with Crippen LogP contribution in [0.2, 0.25) is 5.02 Å². The first kappa shape index (κ1) is 16.8. The summed E-state index contributed by atoms with van der Waals surface area (Å²) in [4.78, 5) is 4.57. The van der Waals surface area contributed by atoms with Gasteiger partial charge in [0.25, 0.3) is 0 Å². The standard InChI is InChI=1S/C19H21ClN2O2/c1-3-18(23)19-21-16-6-4-5-7-17(16)22(19)10-11-24-14-8-9-15(20)13(2)12-14/h4-9,12,18,23H,3,10-11H2,1-2H3/t18-/m1/s1. The molecule has 0 aliphatic carbocycles. The van der Waals surface area contributed by atoms with Gasteiger partial charge in [-0.2, -0.15) is 0 Å². The van der Waals surface area contributed by atoms with E-state index in [9.17, 15) is 5.11 Å². The first-order chi connectivity index (χ1) is 11.6. The number of imidazole rings is 1. The quantitative estimate of drug-likeness (QED) is 0.715. The summed E-state index contributed by atoms with van der Waals surface area (Å²) in [7, 11) is 0. The third-order valence-corrected chi connectivity index (χ3v) is 4.51. The van der Waals surface area contributed by atoms with Crippen molar-refractivity contribution in [3.63, 3.8) is 0 Å². The Morgan fingerprint density at radius 1 is 1.25 bits per heavy atom. The van der Waals surface area contributed by atoms with Gasteiger partial charge in [0.05, 0.1) is 17.6 Å². The predicted octanol–water partition coefficient (Wildman–Crippen LogP) is 4.52. The van der Waals surface area contributed by atoms with E-state index in [4.69, 9.17) is 16.3 Å². The Kier molecular flexibility index (Phi) is 5.07. The van der Waals surface area contributed by atoms with Crippen LogP contribution in [0.1, 0.15) is 30.8 Å². The van der Waals surface area contributed by atoms with Crippen LogP contribution in [0.4, 0.5) is 0 Å². The maximum atomic E-state index is 10.3. The number of hydrogen-bond acceptors (Lipinski definition) is 3. The number of aryl methyl sites for hydroxylation is 1. The first-order valence-electron chi connectivity index (χ1n) is 8.12. The van der Waals surface area contributed by atoms with Crippen molar-refractivity contribution >= 4 is 22.6 Å². The Bertz CT molecular complexity index is 844. The van der Waals surface area contributed by atoms with Crippen LogP contribution >= 0.6 is 11.6 Å². The van der Waals surface area contributed by atoms with Crippen molar-refractivity contribution in [3.05, 3.63) is 58.9 Å². The van der Waals surface area contributed by atoms with Gasteiger partial charge in [0.1, 0.15) is 24.3 Å². The number of benzene rings is 2. The summed E-state index contributed by atoms with van der Waals surface area (Å²) >= 11 is 6.04. The highest BCUT2D eigenvalue weighted by Crippen LogP contribution is 2.24. The van der Waals surface area contributed by atoms with Crippen molar-refractivity contribution in [1.82, 2.24) is 9.55 Å². The van der Waals surface area contributed by atoms with E-state index in [0.29, 0.717) is 25.4 Å². The van der Waals surface area contributed by atoms with Crippen molar-refractivity contribution < 1.29 is 9.84 Å². The molecular formula is C19H21ClN2O2. The van der Waals surface area contributed by atoms with Crippen molar-refractivity contribution in [1.29, 1.82) is 0 Å². The van der Waals surface area contributed by atoms with E-state index in [1.165, 1.54) is 0 Å². The van der Waals surface area contributed by atoms with Crippen LogP contribution in [0, 0.1) is 6.92 Å². The minimum Gasteiger partial charge on any atom is -0.492 e. The van der Waals surface area contributed by atoms with E-state index in [2.05, 4.69) is 4.98 Å². The van der Waals surface area contributed by atoms with E-state index < -0.39 is 6.10 Å². The zero-order valence-electron chi connectivity index (χ0n) is 13.9. The fourth-order valence-electron chi connectivity index (χ4n) is 2.73. The molecule has 126 valence electrons. The number of hydrogen-bond donors (Lipinski definition) is 1. The lowest BCUT2D eigenvalue weighted by Gasteiger charge is -2.13. The molecule has 4 nitrogen and oxygen atoms in total. The number of fused-ring (bicyclic) bond motifs is 1. The molecule has 1 heterocycles. The molecule has 0 radical (unpaired) electrons. The maximum absolute atomic E-state index is 10.3. The first-order valence-corrected chi connectivity index (χ1v) is 8.50. The number of aromatic nitrogens is 2. The lowest BCUT2D eigenvalue weighted by molar-refractivity contribution is 0.157. The third kappa shape index (κ3) is 3.40. The molecule has 0 fully saturated rings. The molecule has 2 aromatic carbocycles. The number of rotatable bonds is 6. The topological polar surface area (TPSA) is 47.3 Å². The number of aliphatic hydroxyl groups is 1. The predicted molar refractivity (Wildman–Crippen MR) is 96.7 cm³/mol. The van der Waals surface area contributed by atoms with Crippen LogP contribution in [0.15, 0.2) is 42.5 Å². The molecule has 0 aliphatic heterocycles. The maximum Gasteiger partial charge on any atom is 0.138 e. The van der Waals surface area contributed by atoms with E-state index in [-0.39, 0.29) is 0 Å². The van der Waals surface area contributed by atoms with Gasteiger partial charge in [0.15, 0.2) is 0 Å². The minimum atomic E-state index is -0.574. The molecule has 1 atom stereocenters. The van der Waals surface area contributed by atoms with Crippen molar-refractivity contribution in [3.8, 4) is 5.75 Å². The van der Waals surface area contributed by atoms with E-state index >= 15 is 0 Å². The average molecular weight is 345 g/mol. The zero-order valence-corrected chi connectivity index (χ0v) is 14.6. The Morgan fingerprint density at radius 2 is 2.04 bits per heavy atom. The zero-order chi connectivity index (χ0) is 17.1. The van der Waals surface area contributed by atoms with Gasteiger partial charge in [0.2, 0.25) is 0 Å². The second-order valence-electron chi connectivity index (χ2n) is 5.79. The highest BCUT2D eigenvalue weighted by molar-refractivity contribution is 6.31. The Hall–Kier alpha value is -2.04. The molecule has 0 spiro atoms. The van der Waals surface area contributed by atoms with Crippen LogP contribution < -0.4 is 4.74 Å². The molecule has 24 heavy (non-hydrogen) atoms. The van der Waals surface area contributed by atoms with Crippen LogP contribution in [-0.2, 0) is 6.54 Å². The molecule has 0 saturated carbocycles. The summed E-state index contributed by atoms with van der Waals surface area (Å²) in [5, 5.41) is 11.0. The van der Waals surface area contributed by atoms with Gasteiger partial charge < -0.3 is 14.4 Å². The monoisotopic (exact) mass is 344 g/mol. The molecule has 1 N–H and O–H groups in total. The van der Waals surface area contributed by atoms with Gasteiger partial charge in [-0.15, -0.1) is 0 Å². The normalized spacial score (nSPS) is 12.5. The molecule has 0 bridgehead atoms. The summed E-state index contributed by atoms with van der Waals surface area (Å²) in [5.41, 5.74) is 2.89. The number of para-hydroxylation sites is 2. The molecule has 3 rings (SSSR count). The number of ether oxygens (including phenoxy) is 1. The van der Waals surface area contributed by atoms with Gasteiger partial charge >= 0.3 is 0 Å². The van der Waals surface area contributed by atoms with Crippen molar-refractivity contribution in [2.75, 3.05) is 6.61 Å². The lowest BCUT2D eigenvalue weighted by Crippen LogP contribution is -2.13. The van der Waals surface area contributed by atoms with Gasteiger partial charge in [-0.25, -0.2) is 4.98 Å². The van der Waals surface area contributed by atoms with Gasteiger partial charge in [-0.1, -0.05) is 30.7 Å². The molecule has 0 saturated heterocycles. The second-order valence-corrected chi connectivity index (χ2v) is 6.20. The molecule has 3 aromatic rings. The second kappa shape index (κ2) is 7.24. The highest BCUT2D eigenvalue weighted by Gasteiger charge is 2.16. The SMILES string of the molecule is CC[C@@H](O)c1nc2ccccc2n1CCOc1ccc(Cl)c(C)c1. The molecule has 5 heteroatoms. The number of nitrogens with zero attached hydrogens (tertiary/aromatic N) is 2. The van der Waals surface area contributed by atoms with Crippen molar-refractivity contribution in [2.24, 2.45) is 0 Å². The molecule has 0 aliphatic rings. The summed E-state index contributed by atoms with van der Waals surface area (Å²) in [6, 6.07) is 13.5. The molecule has 1 aromatic heterocycles. The summed E-state index contributed by atoms with van der Waals surface area (Å²) in [6.45, 7) is 5.01. The Morgan fingerprint density at radius 3 is 2.79 bits per heavy atom. The third-order valence-electron chi connectivity index (χ3n) is 4.08. The van der Waals surface area contributed by atoms with E-state index in [0.717, 1.165) is 27.4 Å². The number of halogens is 1. The summed E-state index contributed by atoms with van der Waals surface area (Å²) < 4.78 is 7.88. The molecule has 0 unspecified atom stereocenters. The van der Waals surface area contributed by atoms with Crippen LogP contribution in [-0.4, -0.2) is 21.3 Å². The minimum absolute atomic E-state index is 0.491. The summed E-state index contributed by atoms with van der Waals surface area (Å²) in [5.74, 6) is 1.48. The van der Waals surface area contributed by atoms with Gasteiger partial charge in [0, 0.05) is 5.02 Å².